The largest absolute Gasteiger partial charge is 0.253 e. The number of aromatic nitrogens is 1. The van der Waals surface area contributed by atoms with E-state index in [0.717, 1.165) is 20.9 Å². The Morgan fingerprint density at radius 1 is 1.41 bits per heavy atom. The quantitative estimate of drug-likeness (QED) is 0.688. The van der Waals surface area contributed by atoms with Crippen LogP contribution in [0.15, 0.2) is 33.2 Å². The van der Waals surface area contributed by atoms with Gasteiger partial charge in [-0.05, 0) is 31.0 Å². The SMILES string of the molecule is Cc1csc(NN=Cc2ccc(C)c(Br)c2)n1. The summed E-state index contributed by atoms with van der Waals surface area (Å²) in [4.78, 5) is 4.26. The van der Waals surface area contributed by atoms with E-state index in [1.807, 2.05) is 24.4 Å². The van der Waals surface area contributed by atoms with Gasteiger partial charge in [0.2, 0.25) is 5.13 Å². The minimum absolute atomic E-state index is 0.810. The van der Waals surface area contributed by atoms with E-state index in [-0.39, 0.29) is 0 Å². The van der Waals surface area contributed by atoms with Gasteiger partial charge in [-0.2, -0.15) is 5.10 Å². The number of halogens is 1. The summed E-state index contributed by atoms with van der Waals surface area (Å²) in [7, 11) is 0. The van der Waals surface area contributed by atoms with Crippen LogP contribution in [0.5, 0.6) is 0 Å². The summed E-state index contributed by atoms with van der Waals surface area (Å²) in [5, 5.41) is 6.94. The molecule has 0 radical (unpaired) electrons. The first-order chi connectivity index (χ1) is 8.15. The van der Waals surface area contributed by atoms with E-state index in [1.165, 1.54) is 5.56 Å². The van der Waals surface area contributed by atoms with Crippen LogP contribution in [0, 0.1) is 13.8 Å². The Kier molecular flexibility index (Phi) is 3.91. The summed E-state index contributed by atoms with van der Waals surface area (Å²) in [6, 6.07) is 6.12. The van der Waals surface area contributed by atoms with E-state index in [4.69, 9.17) is 0 Å². The molecule has 3 nitrogen and oxygen atoms in total. The second-order valence-electron chi connectivity index (χ2n) is 3.67. The highest BCUT2D eigenvalue weighted by atomic mass is 79.9. The molecule has 0 bridgehead atoms. The van der Waals surface area contributed by atoms with Crippen LogP contribution in [-0.4, -0.2) is 11.2 Å². The van der Waals surface area contributed by atoms with Gasteiger partial charge in [0.15, 0.2) is 0 Å². The van der Waals surface area contributed by atoms with E-state index >= 15 is 0 Å². The first-order valence-electron chi connectivity index (χ1n) is 5.12. The van der Waals surface area contributed by atoms with Crippen molar-refractivity contribution in [2.45, 2.75) is 13.8 Å². The molecule has 1 N–H and O–H groups in total. The van der Waals surface area contributed by atoms with Crippen LogP contribution >= 0.6 is 27.3 Å². The number of nitrogens with zero attached hydrogens (tertiary/aromatic N) is 2. The molecule has 1 heterocycles. The summed E-state index contributed by atoms with van der Waals surface area (Å²) in [5.41, 5.74) is 6.17. The fourth-order valence-electron chi connectivity index (χ4n) is 1.26. The molecule has 0 aliphatic carbocycles. The fourth-order valence-corrected chi connectivity index (χ4v) is 2.29. The van der Waals surface area contributed by atoms with Crippen LogP contribution in [0.4, 0.5) is 5.13 Å². The van der Waals surface area contributed by atoms with Crippen molar-refractivity contribution in [3.8, 4) is 0 Å². The number of hydrazone groups is 1. The molecule has 1 aromatic heterocycles. The van der Waals surface area contributed by atoms with Crippen molar-refractivity contribution in [3.63, 3.8) is 0 Å². The van der Waals surface area contributed by atoms with Crippen molar-refractivity contribution in [2.75, 3.05) is 5.43 Å². The molecule has 88 valence electrons. The molecule has 0 saturated carbocycles. The average molecular weight is 310 g/mol. The lowest BCUT2D eigenvalue weighted by Crippen LogP contribution is -1.90. The number of hydrogen-bond donors (Lipinski definition) is 1. The van der Waals surface area contributed by atoms with Crippen LogP contribution in [0.3, 0.4) is 0 Å². The fraction of sp³-hybridized carbons (Fsp3) is 0.167. The third-order valence-corrected chi connectivity index (χ3v) is 3.91. The van der Waals surface area contributed by atoms with Gasteiger partial charge in [-0.15, -0.1) is 11.3 Å². The molecular weight excluding hydrogens is 298 g/mol. The van der Waals surface area contributed by atoms with Gasteiger partial charge in [0.1, 0.15) is 0 Å². The van der Waals surface area contributed by atoms with Crippen molar-refractivity contribution < 1.29 is 0 Å². The molecule has 2 rings (SSSR count). The van der Waals surface area contributed by atoms with Gasteiger partial charge in [-0.25, -0.2) is 4.98 Å². The molecule has 2 aromatic rings. The van der Waals surface area contributed by atoms with E-state index in [9.17, 15) is 0 Å². The van der Waals surface area contributed by atoms with Gasteiger partial charge in [0.25, 0.3) is 0 Å². The Balaban J connectivity index is 2.03. The zero-order valence-corrected chi connectivity index (χ0v) is 12.0. The number of anilines is 1. The lowest BCUT2D eigenvalue weighted by atomic mass is 10.2. The number of rotatable bonds is 3. The number of benzene rings is 1. The van der Waals surface area contributed by atoms with Crippen molar-refractivity contribution in [1.82, 2.24) is 4.98 Å². The Morgan fingerprint density at radius 2 is 2.24 bits per heavy atom. The van der Waals surface area contributed by atoms with E-state index in [1.54, 1.807) is 17.6 Å². The maximum absolute atomic E-state index is 4.26. The van der Waals surface area contributed by atoms with Gasteiger partial charge in [0, 0.05) is 9.85 Å². The lowest BCUT2D eigenvalue weighted by molar-refractivity contribution is 1.22. The highest BCUT2D eigenvalue weighted by Gasteiger charge is 1.96. The molecule has 0 aliphatic heterocycles. The summed E-state index contributed by atoms with van der Waals surface area (Å²) < 4.78 is 1.09. The third kappa shape index (κ3) is 3.38. The first kappa shape index (κ1) is 12.3. The van der Waals surface area contributed by atoms with Crippen LogP contribution in [0.25, 0.3) is 0 Å². The third-order valence-electron chi connectivity index (χ3n) is 2.19. The number of aryl methyl sites for hydroxylation is 2. The standard InChI is InChI=1S/C12H12BrN3S/c1-8-3-4-10(5-11(8)13)6-14-16-12-15-9(2)7-17-12/h3-7H,1-2H3,(H,15,16). The van der Waals surface area contributed by atoms with E-state index in [0.29, 0.717) is 0 Å². The topological polar surface area (TPSA) is 37.3 Å². The number of nitrogens with one attached hydrogen (secondary N) is 1. The maximum atomic E-state index is 4.26. The highest BCUT2D eigenvalue weighted by Crippen LogP contribution is 2.17. The van der Waals surface area contributed by atoms with Crippen molar-refractivity contribution in [1.29, 1.82) is 0 Å². The molecule has 0 saturated heterocycles. The lowest BCUT2D eigenvalue weighted by Gasteiger charge is -1.99. The average Bonchev–Trinajstić information content (AvgIpc) is 2.70. The normalized spacial score (nSPS) is 11.0. The molecule has 0 amide bonds. The number of thiazole rings is 1. The molecule has 17 heavy (non-hydrogen) atoms. The van der Waals surface area contributed by atoms with Crippen molar-refractivity contribution >= 4 is 38.6 Å². The van der Waals surface area contributed by atoms with Gasteiger partial charge in [-0.1, -0.05) is 28.1 Å². The van der Waals surface area contributed by atoms with E-state index in [2.05, 4.69) is 44.4 Å². The molecule has 0 fully saturated rings. The smallest absolute Gasteiger partial charge is 0.203 e. The molecule has 1 aromatic carbocycles. The summed E-state index contributed by atoms with van der Waals surface area (Å²) in [6.07, 6.45) is 1.78. The zero-order valence-electron chi connectivity index (χ0n) is 9.57. The molecule has 0 aliphatic rings. The van der Waals surface area contributed by atoms with Gasteiger partial charge >= 0.3 is 0 Å². The number of hydrogen-bond acceptors (Lipinski definition) is 4. The van der Waals surface area contributed by atoms with Crippen molar-refractivity contribution in [3.05, 3.63) is 44.9 Å². The van der Waals surface area contributed by atoms with Gasteiger partial charge < -0.3 is 0 Å². The van der Waals surface area contributed by atoms with Gasteiger partial charge in [0.05, 0.1) is 11.9 Å². The Hall–Kier alpha value is -1.20. The first-order valence-corrected chi connectivity index (χ1v) is 6.80. The highest BCUT2D eigenvalue weighted by molar-refractivity contribution is 9.10. The molecule has 0 atom stereocenters. The van der Waals surface area contributed by atoms with Crippen LogP contribution in [0.2, 0.25) is 0 Å². The van der Waals surface area contributed by atoms with Crippen LogP contribution in [0.1, 0.15) is 16.8 Å². The summed E-state index contributed by atoms with van der Waals surface area (Å²) >= 11 is 5.04. The Bertz CT molecular complexity index is 548. The van der Waals surface area contributed by atoms with Crippen molar-refractivity contribution in [2.24, 2.45) is 5.10 Å². The Labute approximate surface area is 113 Å². The molecular formula is C12H12BrN3S. The monoisotopic (exact) mass is 309 g/mol. The van der Waals surface area contributed by atoms with Crippen LogP contribution < -0.4 is 5.43 Å². The summed E-state index contributed by atoms with van der Waals surface area (Å²) in [5.74, 6) is 0. The van der Waals surface area contributed by atoms with Crippen LogP contribution in [-0.2, 0) is 0 Å². The second-order valence-corrected chi connectivity index (χ2v) is 5.39. The predicted octanol–water partition coefficient (Wildman–Crippen LogP) is 3.97. The zero-order chi connectivity index (χ0) is 12.3. The van der Waals surface area contributed by atoms with E-state index < -0.39 is 0 Å². The minimum atomic E-state index is 0.810. The molecule has 0 spiro atoms. The molecule has 0 unspecified atom stereocenters. The van der Waals surface area contributed by atoms with Gasteiger partial charge in [-0.3, -0.25) is 5.43 Å². The minimum Gasteiger partial charge on any atom is -0.253 e. The predicted molar refractivity (Wildman–Crippen MR) is 76.9 cm³/mol. The molecule has 5 heteroatoms. The Morgan fingerprint density at radius 3 is 2.88 bits per heavy atom. The maximum Gasteiger partial charge on any atom is 0.203 e. The second kappa shape index (κ2) is 5.42. The summed E-state index contributed by atoms with van der Waals surface area (Å²) in [6.45, 7) is 4.02.